The molecule has 0 unspecified atom stereocenters. The molecule has 0 spiro atoms. The molecule has 1 saturated heterocycles. The van der Waals surface area contributed by atoms with E-state index in [1.165, 1.54) is 0 Å². The molecule has 1 aromatic rings. The largest absolute Gasteiger partial charge is 0.449 e. The number of halogens is 1. The van der Waals surface area contributed by atoms with Crippen LogP contribution < -0.4 is 5.32 Å². The van der Waals surface area contributed by atoms with Crippen molar-refractivity contribution in [2.75, 3.05) is 6.61 Å². The Labute approximate surface area is 99.7 Å². The van der Waals surface area contributed by atoms with E-state index < -0.39 is 0 Å². The third-order valence-corrected chi connectivity index (χ3v) is 3.18. The predicted octanol–water partition coefficient (Wildman–Crippen LogP) is 3.15. The fraction of sp³-hybridized carbons (Fsp3) is 0.417. The van der Waals surface area contributed by atoms with E-state index in [4.69, 9.17) is 16.3 Å². The number of carbonyl (C=O) groups excluding carboxylic acids is 1. The zero-order valence-corrected chi connectivity index (χ0v) is 10.0. The SMILES string of the molecule is CC1(C)COC(=O)N[C@H]1c1ccccc1Cl. The van der Waals surface area contributed by atoms with Crippen molar-refractivity contribution in [1.82, 2.24) is 5.32 Å². The highest BCUT2D eigenvalue weighted by Gasteiger charge is 2.38. The topological polar surface area (TPSA) is 38.3 Å². The molecular formula is C12H14ClNO2. The van der Waals surface area contributed by atoms with Gasteiger partial charge in [-0.1, -0.05) is 43.6 Å². The number of ether oxygens (including phenoxy) is 1. The Kier molecular flexibility index (Phi) is 2.80. The average molecular weight is 240 g/mol. The molecule has 0 aliphatic carbocycles. The maximum absolute atomic E-state index is 11.3. The minimum Gasteiger partial charge on any atom is -0.449 e. The Morgan fingerprint density at radius 2 is 2.12 bits per heavy atom. The van der Waals surface area contributed by atoms with E-state index in [-0.39, 0.29) is 17.6 Å². The lowest BCUT2D eigenvalue weighted by Crippen LogP contribution is -2.47. The molecule has 2 rings (SSSR count). The lowest BCUT2D eigenvalue weighted by atomic mass is 9.80. The van der Waals surface area contributed by atoms with Crippen LogP contribution in [0, 0.1) is 5.41 Å². The third kappa shape index (κ3) is 2.00. The van der Waals surface area contributed by atoms with Crippen LogP contribution in [0.2, 0.25) is 5.02 Å². The molecule has 1 heterocycles. The summed E-state index contributed by atoms with van der Waals surface area (Å²) in [4.78, 5) is 11.3. The van der Waals surface area contributed by atoms with E-state index in [1.807, 2.05) is 38.1 Å². The molecule has 0 saturated carbocycles. The fourth-order valence-electron chi connectivity index (χ4n) is 1.90. The lowest BCUT2D eigenvalue weighted by Gasteiger charge is -2.38. The summed E-state index contributed by atoms with van der Waals surface area (Å²) in [6.07, 6.45) is -0.385. The van der Waals surface area contributed by atoms with Crippen LogP contribution in [-0.4, -0.2) is 12.7 Å². The average Bonchev–Trinajstić information content (AvgIpc) is 2.23. The highest BCUT2D eigenvalue weighted by Crippen LogP contribution is 2.38. The number of amides is 1. The predicted molar refractivity (Wildman–Crippen MR) is 62.5 cm³/mol. The highest BCUT2D eigenvalue weighted by molar-refractivity contribution is 6.31. The van der Waals surface area contributed by atoms with Gasteiger partial charge in [0.05, 0.1) is 6.04 Å². The van der Waals surface area contributed by atoms with Gasteiger partial charge >= 0.3 is 6.09 Å². The van der Waals surface area contributed by atoms with Crippen LogP contribution in [0.4, 0.5) is 4.79 Å². The van der Waals surface area contributed by atoms with Gasteiger partial charge in [-0.15, -0.1) is 0 Å². The molecule has 1 atom stereocenters. The molecule has 1 aromatic carbocycles. The van der Waals surface area contributed by atoms with Gasteiger partial charge in [-0.25, -0.2) is 4.79 Å². The molecule has 1 N–H and O–H groups in total. The number of carbonyl (C=O) groups is 1. The Bertz CT molecular complexity index is 417. The summed E-state index contributed by atoms with van der Waals surface area (Å²) in [5.41, 5.74) is 0.768. The van der Waals surface area contributed by atoms with Gasteiger partial charge in [-0.2, -0.15) is 0 Å². The number of hydrogen-bond donors (Lipinski definition) is 1. The zero-order chi connectivity index (χ0) is 11.8. The molecule has 1 amide bonds. The van der Waals surface area contributed by atoms with Crippen molar-refractivity contribution in [3.63, 3.8) is 0 Å². The zero-order valence-electron chi connectivity index (χ0n) is 9.29. The molecule has 16 heavy (non-hydrogen) atoms. The molecule has 1 aliphatic heterocycles. The summed E-state index contributed by atoms with van der Waals surface area (Å²) in [6, 6.07) is 7.44. The fourth-order valence-corrected chi connectivity index (χ4v) is 2.14. The molecule has 1 aliphatic rings. The third-order valence-electron chi connectivity index (χ3n) is 2.84. The molecule has 0 radical (unpaired) electrons. The number of alkyl carbamates (subject to hydrolysis) is 1. The highest BCUT2D eigenvalue weighted by atomic mass is 35.5. The Hall–Kier alpha value is -1.22. The van der Waals surface area contributed by atoms with Crippen molar-refractivity contribution in [2.24, 2.45) is 5.41 Å². The van der Waals surface area contributed by atoms with E-state index in [0.29, 0.717) is 11.6 Å². The quantitative estimate of drug-likeness (QED) is 0.818. The second-order valence-electron chi connectivity index (χ2n) is 4.66. The van der Waals surface area contributed by atoms with Crippen molar-refractivity contribution in [2.45, 2.75) is 19.9 Å². The van der Waals surface area contributed by atoms with Crippen LogP contribution in [0.5, 0.6) is 0 Å². The first-order valence-electron chi connectivity index (χ1n) is 5.18. The Morgan fingerprint density at radius 1 is 1.44 bits per heavy atom. The lowest BCUT2D eigenvalue weighted by molar-refractivity contribution is 0.0388. The van der Waals surface area contributed by atoms with Crippen molar-refractivity contribution in [1.29, 1.82) is 0 Å². The maximum Gasteiger partial charge on any atom is 0.407 e. The first-order valence-corrected chi connectivity index (χ1v) is 5.56. The maximum atomic E-state index is 11.3. The second kappa shape index (κ2) is 3.98. The molecular weight excluding hydrogens is 226 g/mol. The van der Waals surface area contributed by atoms with E-state index >= 15 is 0 Å². The summed E-state index contributed by atoms with van der Waals surface area (Å²) in [5.74, 6) is 0. The van der Waals surface area contributed by atoms with Gasteiger partial charge in [-0.05, 0) is 11.6 Å². The van der Waals surface area contributed by atoms with E-state index in [2.05, 4.69) is 5.32 Å². The van der Waals surface area contributed by atoms with Gasteiger partial charge in [-0.3, -0.25) is 0 Å². The molecule has 3 nitrogen and oxygen atoms in total. The van der Waals surface area contributed by atoms with Crippen LogP contribution >= 0.6 is 11.6 Å². The van der Waals surface area contributed by atoms with Gasteiger partial charge in [0.2, 0.25) is 0 Å². The van der Waals surface area contributed by atoms with Gasteiger partial charge in [0, 0.05) is 10.4 Å². The molecule has 86 valence electrons. The van der Waals surface area contributed by atoms with Crippen LogP contribution in [0.1, 0.15) is 25.5 Å². The summed E-state index contributed by atoms with van der Waals surface area (Å²) in [7, 11) is 0. The van der Waals surface area contributed by atoms with Crippen LogP contribution in [0.15, 0.2) is 24.3 Å². The summed E-state index contributed by atoms with van der Waals surface area (Å²) >= 11 is 6.14. The first-order chi connectivity index (χ1) is 7.50. The standard InChI is InChI=1S/C12H14ClNO2/c1-12(2)7-16-11(15)14-10(12)8-5-3-4-6-9(8)13/h3-6,10H,7H2,1-2H3,(H,14,15)/t10-/m0/s1. The molecule has 0 bridgehead atoms. The Balaban J connectivity index is 2.38. The van der Waals surface area contributed by atoms with E-state index in [0.717, 1.165) is 5.56 Å². The van der Waals surface area contributed by atoms with Crippen LogP contribution in [-0.2, 0) is 4.74 Å². The monoisotopic (exact) mass is 239 g/mol. The number of rotatable bonds is 1. The molecule has 0 aromatic heterocycles. The van der Waals surface area contributed by atoms with Crippen LogP contribution in [0.3, 0.4) is 0 Å². The molecule has 1 fully saturated rings. The van der Waals surface area contributed by atoms with Gasteiger partial charge in [0.15, 0.2) is 0 Å². The minimum atomic E-state index is -0.385. The summed E-state index contributed by atoms with van der Waals surface area (Å²) < 4.78 is 4.99. The van der Waals surface area contributed by atoms with Crippen molar-refractivity contribution < 1.29 is 9.53 Å². The van der Waals surface area contributed by atoms with Crippen molar-refractivity contribution in [3.05, 3.63) is 34.9 Å². The van der Waals surface area contributed by atoms with Gasteiger partial charge in [0.1, 0.15) is 6.61 Å². The van der Waals surface area contributed by atoms with Crippen molar-refractivity contribution in [3.8, 4) is 0 Å². The number of cyclic esters (lactones) is 1. The number of benzene rings is 1. The number of nitrogens with one attached hydrogen (secondary N) is 1. The smallest absolute Gasteiger partial charge is 0.407 e. The normalized spacial score (nSPS) is 23.4. The van der Waals surface area contributed by atoms with Gasteiger partial charge in [0.25, 0.3) is 0 Å². The second-order valence-corrected chi connectivity index (χ2v) is 5.07. The number of hydrogen-bond acceptors (Lipinski definition) is 2. The van der Waals surface area contributed by atoms with Crippen molar-refractivity contribution >= 4 is 17.7 Å². The molecule has 4 heteroatoms. The van der Waals surface area contributed by atoms with Crippen LogP contribution in [0.25, 0.3) is 0 Å². The van der Waals surface area contributed by atoms with E-state index in [1.54, 1.807) is 0 Å². The Morgan fingerprint density at radius 3 is 2.81 bits per heavy atom. The van der Waals surface area contributed by atoms with Gasteiger partial charge < -0.3 is 10.1 Å². The minimum absolute atomic E-state index is 0.109. The summed E-state index contributed by atoms with van der Waals surface area (Å²) in [6.45, 7) is 4.48. The van der Waals surface area contributed by atoms with E-state index in [9.17, 15) is 4.79 Å². The summed E-state index contributed by atoms with van der Waals surface area (Å²) in [5, 5.41) is 3.49. The first kappa shape index (κ1) is 11.3.